The fourth-order valence-corrected chi connectivity index (χ4v) is 4.35. The van der Waals surface area contributed by atoms with Gasteiger partial charge in [-0.3, -0.25) is 14.8 Å². The number of thiophene rings is 1. The fourth-order valence-electron chi connectivity index (χ4n) is 3.23. The molecule has 28 heavy (non-hydrogen) atoms. The second-order valence-electron chi connectivity index (χ2n) is 6.54. The summed E-state index contributed by atoms with van der Waals surface area (Å²) in [6.45, 7) is 2.80. The van der Waals surface area contributed by atoms with Gasteiger partial charge in [0.05, 0.1) is 22.7 Å². The highest BCUT2D eigenvalue weighted by Crippen LogP contribution is 2.29. The summed E-state index contributed by atoms with van der Waals surface area (Å²) in [5, 5.41) is 8.80. The molecule has 0 saturated carbocycles. The van der Waals surface area contributed by atoms with Gasteiger partial charge in [-0.2, -0.15) is 0 Å². The van der Waals surface area contributed by atoms with Crippen LogP contribution in [0.5, 0.6) is 0 Å². The molecule has 4 rings (SSSR count). The number of hydrogen-bond donors (Lipinski definition) is 2. The Bertz CT molecular complexity index is 1050. The van der Waals surface area contributed by atoms with Crippen molar-refractivity contribution in [2.45, 2.75) is 19.9 Å². The lowest BCUT2D eigenvalue weighted by molar-refractivity contribution is 0.0709. The van der Waals surface area contributed by atoms with E-state index in [9.17, 15) is 9.59 Å². The maximum Gasteiger partial charge on any atom is 0.284 e. The molecule has 2 amide bonds. The highest BCUT2D eigenvalue weighted by Gasteiger charge is 2.26. The van der Waals surface area contributed by atoms with E-state index in [0.29, 0.717) is 41.5 Å². The van der Waals surface area contributed by atoms with E-state index >= 15 is 0 Å². The molecule has 142 valence electrons. The molecule has 0 unspecified atom stereocenters. The second kappa shape index (κ2) is 7.49. The SMILES string of the molecule is Cc1nc(-c2ccccc2)ncc1C(=O)N1CCc2cc(C(=O)NO)sc2C1. The Morgan fingerprint density at radius 2 is 2.04 bits per heavy atom. The van der Waals surface area contributed by atoms with Crippen molar-refractivity contribution in [1.29, 1.82) is 0 Å². The normalized spacial score (nSPS) is 13.1. The lowest BCUT2D eigenvalue weighted by atomic mass is 10.1. The van der Waals surface area contributed by atoms with E-state index in [4.69, 9.17) is 5.21 Å². The van der Waals surface area contributed by atoms with Crippen molar-refractivity contribution >= 4 is 23.2 Å². The minimum absolute atomic E-state index is 0.121. The van der Waals surface area contributed by atoms with Crippen LogP contribution in [0.4, 0.5) is 0 Å². The first-order valence-corrected chi connectivity index (χ1v) is 9.63. The van der Waals surface area contributed by atoms with Gasteiger partial charge in [0.25, 0.3) is 11.8 Å². The van der Waals surface area contributed by atoms with Crippen molar-refractivity contribution in [3.05, 3.63) is 69.2 Å². The zero-order valence-electron chi connectivity index (χ0n) is 15.2. The zero-order chi connectivity index (χ0) is 19.7. The molecule has 2 N–H and O–H groups in total. The topological polar surface area (TPSA) is 95.4 Å². The third-order valence-corrected chi connectivity index (χ3v) is 5.90. The number of rotatable bonds is 3. The minimum atomic E-state index is -0.530. The Kier molecular flexibility index (Phi) is 4.89. The van der Waals surface area contributed by atoms with Crippen molar-refractivity contribution in [3.8, 4) is 11.4 Å². The molecule has 0 aliphatic carbocycles. The fraction of sp³-hybridized carbons (Fsp3) is 0.200. The number of aryl methyl sites for hydroxylation is 1. The van der Waals surface area contributed by atoms with Crippen LogP contribution in [0.2, 0.25) is 0 Å². The number of hydroxylamine groups is 1. The molecule has 0 saturated heterocycles. The molecule has 0 radical (unpaired) electrons. The maximum atomic E-state index is 13.0. The Morgan fingerprint density at radius 3 is 2.75 bits per heavy atom. The second-order valence-corrected chi connectivity index (χ2v) is 7.67. The third-order valence-electron chi connectivity index (χ3n) is 4.74. The van der Waals surface area contributed by atoms with Crippen LogP contribution in [-0.4, -0.2) is 38.4 Å². The molecule has 7 nitrogen and oxygen atoms in total. The first-order valence-electron chi connectivity index (χ1n) is 8.81. The van der Waals surface area contributed by atoms with Gasteiger partial charge in [-0.25, -0.2) is 15.4 Å². The van der Waals surface area contributed by atoms with Crippen LogP contribution in [0.3, 0.4) is 0 Å². The zero-order valence-corrected chi connectivity index (χ0v) is 16.0. The first kappa shape index (κ1) is 18.3. The average Bonchev–Trinajstić information content (AvgIpc) is 3.16. The van der Waals surface area contributed by atoms with Crippen LogP contribution < -0.4 is 5.48 Å². The van der Waals surface area contributed by atoms with Crippen LogP contribution in [0.15, 0.2) is 42.6 Å². The average molecular weight is 394 g/mol. The number of hydrogen-bond acceptors (Lipinski definition) is 6. The number of carbonyl (C=O) groups is 2. The van der Waals surface area contributed by atoms with Crippen molar-refractivity contribution in [2.75, 3.05) is 6.54 Å². The number of amides is 2. The molecule has 0 atom stereocenters. The number of carbonyl (C=O) groups excluding carboxylic acids is 2. The summed E-state index contributed by atoms with van der Waals surface area (Å²) < 4.78 is 0. The Labute approximate surface area is 165 Å². The van der Waals surface area contributed by atoms with Gasteiger partial charge < -0.3 is 4.90 Å². The van der Waals surface area contributed by atoms with Crippen LogP contribution in [-0.2, 0) is 13.0 Å². The standard InChI is InChI=1S/C20H18N4O3S/c1-12-15(10-21-18(22-12)13-5-3-2-4-6-13)20(26)24-8-7-14-9-16(19(25)23-27)28-17(14)11-24/h2-6,9-10,27H,7-8,11H2,1H3,(H,23,25). The summed E-state index contributed by atoms with van der Waals surface area (Å²) in [5.41, 5.74) is 4.71. The molecule has 1 aliphatic heterocycles. The van der Waals surface area contributed by atoms with Gasteiger partial charge in [0.1, 0.15) is 0 Å². The summed E-state index contributed by atoms with van der Waals surface area (Å²) in [7, 11) is 0. The van der Waals surface area contributed by atoms with Gasteiger partial charge in [-0.05, 0) is 25.0 Å². The number of nitrogens with zero attached hydrogens (tertiary/aromatic N) is 3. The monoisotopic (exact) mass is 394 g/mol. The number of fused-ring (bicyclic) bond motifs is 1. The summed E-state index contributed by atoms with van der Waals surface area (Å²) in [4.78, 5) is 36.6. The van der Waals surface area contributed by atoms with Gasteiger partial charge in [0, 0.05) is 23.2 Å². The van der Waals surface area contributed by atoms with Gasteiger partial charge >= 0.3 is 0 Å². The molecule has 0 fully saturated rings. The highest BCUT2D eigenvalue weighted by atomic mass is 32.1. The lowest BCUT2D eigenvalue weighted by Crippen LogP contribution is -2.35. The van der Waals surface area contributed by atoms with Crippen LogP contribution in [0, 0.1) is 6.92 Å². The van der Waals surface area contributed by atoms with E-state index in [0.717, 1.165) is 16.0 Å². The van der Waals surface area contributed by atoms with E-state index < -0.39 is 5.91 Å². The largest absolute Gasteiger partial charge is 0.333 e. The molecule has 1 aliphatic rings. The van der Waals surface area contributed by atoms with Gasteiger partial charge in [0.2, 0.25) is 0 Å². The Morgan fingerprint density at radius 1 is 1.25 bits per heavy atom. The molecular formula is C20H18N4O3S. The summed E-state index contributed by atoms with van der Waals surface area (Å²) in [6.07, 6.45) is 2.25. The van der Waals surface area contributed by atoms with E-state index in [1.165, 1.54) is 11.3 Å². The Hall–Kier alpha value is -3.10. The molecule has 8 heteroatoms. The van der Waals surface area contributed by atoms with Gasteiger partial charge in [-0.1, -0.05) is 30.3 Å². The summed E-state index contributed by atoms with van der Waals surface area (Å²) in [6, 6.07) is 11.4. The van der Waals surface area contributed by atoms with Crippen molar-refractivity contribution in [2.24, 2.45) is 0 Å². The number of aromatic nitrogens is 2. The number of benzene rings is 1. The Balaban J connectivity index is 1.55. The molecule has 0 bridgehead atoms. The smallest absolute Gasteiger partial charge is 0.284 e. The predicted octanol–water partition coefficient (Wildman–Crippen LogP) is 2.83. The summed E-state index contributed by atoms with van der Waals surface area (Å²) in [5.74, 6) is -0.0594. The van der Waals surface area contributed by atoms with Crippen LogP contribution in [0.25, 0.3) is 11.4 Å². The number of nitrogens with one attached hydrogen (secondary N) is 1. The van der Waals surface area contributed by atoms with E-state index in [2.05, 4.69) is 9.97 Å². The van der Waals surface area contributed by atoms with E-state index in [-0.39, 0.29) is 5.91 Å². The minimum Gasteiger partial charge on any atom is -0.333 e. The lowest BCUT2D eigenvalue weighted by Gasteiger charge is -2.27. The van der Waals surface area contributed by atoms with Crippen molar-refractivity contribution in [3.63, 3.8) is 0 Å². The van der Waals surface area contributed by atoms with Crippen molar-refractivity contribution in [1.82, 2.24) is 20.3 Å². The third kappa shape index (κ3) is 3.39. The summed E-state index contributed by atoms with van der Waals surface area (Å²) >= 11 is 1.29. The van der Waals surface area contributed by atoms with E-state index in [1.54, 1.807) is 22.6 Å². The predicted molar refractivity (Wildman–Crippen MR) is 104 cm³/mol. The highest BCUT2D eigenvalue weighted by molar-refractivity contribution is 7.14. The molecule has 3 aromatic rings. The van der Waals surface area contributed by atoms with E-state index in [1.807, 2.05) is 37.3 Å². The molecular weight excluding hydrogens is 376 g/mol. The molecule has 2 aromatic heterocycles. The quantitative estimate of drug-likeness (QED) is 0.526. The van der Waals surface area contributed by atoms with Gasteiger partial charge in [-0.15, -0.1) is 11.3 Å². The first-order chi connectivity index (χ1) is 13.6. The van der Waals surface area contributed by atoms with Crippen LogP contribution >= 0.6 is 11.3 Å². The van der Waals surface area contributed by atoms with Gasteiger partial charge in [0.15, 0.2) is 5.82 Å². The molecule has 0 spiro atoms. The molecule has 1 aromatic carbocycles. The molecule has 3 heterocycles. The maximum absolute atomic E-state index is 13.0. The van der Waals surface area contributed by atoms with Crippen molar-refractivity contribution < 1.29 is 14.8 Å². The van der Waals surface area contributed by atoms with Crippen LogP contribution in [0.1, 0.15) is 36.2 Å².